The molecule has 1 rings (SSSR count). The van der Waals surface area contributed by atoms with Gasteiger partial charge in [0, 0.05) is 17.1 Å². The molecule has 1 heterocycles. The van der Waals surface area contributed by atoms with Crippen molar-refractivity contribution in [3.05, 3.63) is 16.3 Å². The lowest BCUT2D eigenvalue weighted by Crippen LogP contribution is -1.97. The third-order valence-electron chi connectivity index (χ3n) is 1.59. The summed E-state index contributed by atoms with van der Waals surface area (Å²) in [6.07, 6.45) is 2.44. The van der Waals surface area contributed by atoms with Crippen LogP contribution in [0.5, 0.6) is 0 Å². The molecule has 1 aromatic heterocycles. The Bertz CT molecular complexity index is 185. The van der Waals surface area contributed by atoms with Crippen LogP contribution in [0.4, 0.5) is 5.69 Å². The van der Waals surface area contributed by atoms with E-state index in [9.17, 15) is 0 Å². The van der Waals surface area contributed by atoms with Crippen molar-refractivity contribution in [1.29, 1.82) is 0 Å². The lowest BCUT2D eigenvalue weighted by atomic mass is 10.2. The van der Waals surface area contributed by atoms with Gasteiger partial charge in [-0.3, -0.25) is 0 Å². The normalized spacial score (nSPS) is 10.0. The smallest absolute Gasteiger partial charge is 0.0481 e. The van der Waals surface area contributed by atoms with E-state index in [2.05, 4.69) is 30.6 Å². The average molecular weight is 169 g/mol. The largest absolute Gasteiger partial charge is 0.384 e. The molecule has 62 valence electrons. The van der Waals surface area contributed by atoms with Crippen LogP contribution >= 0.6 is 11.3 Å². The van der Waals surface area contributed by atoms with E-state index in [-0.39, 0.29) is 0 Å². The maximum absolute atomic E-state index is 3.35. The van der Waals surface area contributed by atoms with Crippen LogP contribution in [0.1, 0.15) is 25.1 Å². The second kappa shape index (κ2) is 4.39. The third-order valence-corrected chi connectivity index (χ3v) is 2.57. The van der Waals surface area contributed by atoms with Crippen molar-refractivity contribution < 1.29 is 0 Å². The zero-order chi connectivity index (χ0) is 8.10. The summed E-state index contributed by atoms with van der Waals surface area (Å²) >= 11 is 1.85. The number of thiophene rings is 1. The second-order valence-corrected chi connectivity index (χ2v) is 3.54. The maximum Gasteiger partial charge on any atom is 0.0481 e. The first-order valence-electron chi connectivity index (χ1n) is 4.18. The van der Waals surface area contributed by atoms with Gasteiger partial charge in [0.1, 0.15) is 0 Å². The third kappa shape index (κ3) is 2.22. The van der Waals surface area contributed by atoms with E-state index in [1.807, 2.05) is 11.3 Å². The van der Waals surface area contributed by atoms with Gasteiger partial charge in [0.05, 0.1) is 0 Å². The highest BCUT2D eigenvalue weighted by molar-refractivity contribution is 7.10. The van der Waals surface area contributed by atoms with Crippen molar-refractivity contribution in [2.45, 2.75) is 26.7 Å². The minimum Gasteiger partial charge on any atom is -0.384 e. The van der Waals surface area contributed by atoms with E-state index in [0.717, 1.165) is 6.54 Å². The number of aryl methyl sites for hydroxylation is 1. The molecular weight excluding hydrogens is 154 g/mol. The van der Waals surface area contributed by atoms with Crippen LogP contribution in [-0.4, -0.2) is 6.54 Å². The molecule has 2 heteroatoms. The molecule has 0 aromatic carbocycles. The standard InChI is InChI=1S/C9H15NS/c1-3-5-9-8(10-4-2)6-7-11-9/h6-7,10H,3-5H2,1-2H3. The molecule has 1 aromatic rings. The predicted octanol–water partition coefficient (Wildman–Crippen LogP) is 3.13. The highest BCUT2D eigenvalue weighted by Crippen LogP contribution is 2.23. The SMILES string of the molecule is CCCc1sccc1NCC. The van der Waals surface area contributed by atoms with Crippen molar-refractivity contribution in [2.24, 2.45) is 0 Å². The molecule has 0 fully saturated rings. The van der Waals surface area contributed by atoms with E-state index >= 15 is 0 Å². The minimum atomic E-state index is 1.02. The van der Waals surface area contributed by atoms with Gasteiger partial charge in [-0.05, 0) is 24.8 Å². The molecule has 0 atom stereocenters. The van der Waals surface area contributed by atoms with Gasteiger partial charge in [-0.2, -0.15) is 0 Å². The summed E-state index contributed by atoms with van der Waals surface area (Å²) in [5.74, 6) is 0. The molecule has 1 N–H and O–H groups in total. The van der Waals surface area contributed by atoms with Crippen LogP contribution in [0.3, 0.4) is 0 Å². The number of rotatable bonds is 4. The zero-order valence-corrected chi connectivity index (χ0v) is 8.00. The lowest BCUT2D eigenvalue weighted by molar-refractivity contribution is 0.939. The van der Waals surface area contributed by atoms with Gasteiger partial charge in [0.25, 0.3) is 0 Å². The van der Waals surface area contributed by atoms with Crippen molar-refractivity contribution in [3.8, 4) is 0 Å². The van der Waals surface area contributed by atoms with Crippen LogP contribution in [-0.2, 0) is 6.42 Å². The zero-order valence-electron chi connectivity index (χ0n) is 7.18. The fraction of sp³-hybridized carbons (Fsp3) is 0.556. The monoisotopic (exact) mass is 169 g/mol. The van der Waals surface area contributed by atoms with E-state index in [1.54, 1.807) is 0 Å². The molecule has 0 aliphatic heterocycles. The van der Waals surface area contributed by atoms with Crippen LogP contribution in [0.25, 0.3) is 0 Å². The number of nitrogens with one attached hydrogen (secondary N) is 1. The molecule has 0 saturated carbocycles. The molecule has 11 heavy (non-hydrogen) atoms. The summed E-state index contributed by atoms with van der Waals surface area (Å²) in [6.45, 7) is 5.37. The quantitative estimate of drug-likeness (QED) is 0.730. The van der Waals surface area contributed by atoms with Crippen molar-refractivity contribution in [2.75, 3.05) is 11.9 Å². The first-order chi connectivity index (χ1) is 5.38. The average Bonchev–Trinajstić information content (AvgIpc) is 2.39. The van der Waals surface area contributed by atoms with Crippen molar-refractivity contribution in [1.82, 2.24) is 0 Å². The fourth-order valence-electron chi connectivity index (χ4n) is 1.11. The van der Waals surface area contributed by atoms with E-state index in [4.69, 9.17) is 0 Å². The highest BCUT2D eigenvalue weighted by atomic mass is 32.1. The number of hydrogen-bond donors (Lipinski definition) is 1. The van der Waals surface area contributed by atoms with Crippen LogP contribution in [0.2, 0.25) is 0 Å². The number of hydrogen-bond acceptors (Lipinski definition) is 2. The van der Waals surface area contributed by atoms with Crippen LogP contribution < -0.4 is 5.32 Å². The van der Waals surface area contributed by atoms with Gasteiger partial charge < -0.3 is 5.32 Å². The topological polar surface area (TPSA) is 12.0 Å². The highest BCUT2D eigenvalue weighted by Gasteiger charge is 2.00. The summed E-state index contributed by atoms with van der Waals surface area (Å²) < 4.78 is 0. The molecule has 0 aliphatic rings. The summed E-state index contributed by atoms with van der Waals surface area (Å²) in [4.78, 5) is 1.49. The Labute approximate surface area is 72.4 Å². The molecular formula is C9H15NS. The van der Waals surface area contributed by atoms with E-state index < -0.39 is 0 Å². The summed E-state index contributed by atoms with van der Waals surface area (Å²) in [6, 6.07) is 2.17. The molecule has 0 bridgehead atoms. The Balaban J connectivity index is 2.62. The van der Waals surface area contributed by atoms with Gasteiger partial charge in [0.2, 0.25) is 0 Å². The predicted molar refractivity (Wildman–Crippen MR) is 52.5 cm³/mol. The Morgan fingerprint density at radius 3 is 2.91 bits per heavy atom. The van der Waals surface area contributed by atoms with Gasteiger partial charge in [-0.1, -0.05) is 13.3 Å². The fourth-order valence-corrected chi connectivity index (χ4v) is 2.07. The van der Waals surface area contributed by atoms with E-state index in [1.165, 1.54) is 23.4 Å². The molecule has 0 saturated heterocycles. The Morgan fingerprint density at radius 1 is 1.45 bits per heavy atom. The molecule has 0 spiro atoms. The molecule has 1 nitrogen and oxygen atoms in total. The molecule has 0 radical (unpaired) electrons. The van der Waals surface area contributed by atoms with Crippen molar-refractivity contribution in [3.63, 3.8) is 0 Å². The van der Waals surface area contributed by atoms with Gasteiger partial charge in [-0.15, -0.1) is 11.3 Å². The van der Waals surface area contributed by atoms with E-state index in [0.29, 0.717) is 0 Å². The molecule has 0 aliphatic carbocycles. The van der Waals surface area contributed by atoms with Gasteiger partial charge >= 0.3 is 0 Å². The Kier molecular flexibility index (Phi) is 3.43. The first kappa shape index (κ1) is 8.60. The summed E-state index contributed by atoms with van der Waals surface area (Å²) in [5, 5.41) is 5.51. The summed E-state index contributed by atoms with van der Waals surface area (Å²) in [7, 11) is 0. The Hall–Kier alpha value is -0.500. The molecule has 0 unspecified atom stereocenters. The van der Waals surface area contributed by atoms with Gasteiger partial charge in [0.15, 0.2) is 0 Å². The molecule has 0 amide bonds. The van der Waals surface area contributed by atoms with Crippen LogP contribution in [0.15, 0.2) is 11.4 Å². The number of anilines is 1. The second-order valence-electron chi connectivity index (χ2n) is 2.54. The summed E-state index contributed by atoms with van der Waals surface area (Å²) in [5.41, 5.74) is 1.33. The lowest BCUT2D eigenvalue weighted by Gasteiger charge is -2.02. The first-order valence-corrected chi connectivity index (χ1v) is 5.06. The van der Waals surface area contributed by atoms with Gasteiger partial charge in [-0.25, -0.2) is 0 Å². The van der Waals surface area contributed by atoms with Crippen LogP contribution in [0, 0.1) is 0 Å². The minimum absolute atomic E-state index is 1.02. The Morgan fingerprint density at radius 2 is 2.27 bits per heavy atom. The van der Waals surface area contributed by atoms with Crippen molar-refractivity contribution >= 4 is 17.0 Å². The maximum atomic E-state index is 3.35.